The number of amides is 2. The van der Waals surface area contributed by atoms with Gasteiger partial charge in [0, 0.05) is 25.7 Å². The average Bonchev–Trinajstić information content (AvgIpc) is 3.03. The van der Waals surface area contributed by atoms with Gasteiger partial charge >= 0.3 is 12.0 Å². The molecule has 3 unspecified atom stereocenters. The number of carboxylic acid groups (broad SMARTS) is 1. The van der Waals surface area contributed by atoms with Crippen LogP contribution in [-0.4, -0.2) is 52.6 Å². The lowest BCUT2D eigenvalue weighted by Crippen LogP contribution is -2.47. The van der Waals surface area contributed by atoms with Crippen molar-refractivity contribution in [2.45, 2.75) is 51.5 Å². The van der Waals surface area contributed by atoms with Gasteiger partial charge in [-0.2, -0.15) is 0 Å². The van der Waals surface area contributed by atoms with Crippen LogP contribution in [0.25, 0.3) is 0 Å². The summed E-state index contributed by atoms with van der Waals surface area (Å²) in [6.07, 6.45) is 6.58. The minimum Gasteiger partial charge on any atom is -0.481 e. The van der Waals surface area contributed by atoms with Crippen molar-refractivity contribution in [1.29, 1.82) is 0 Å². The molecule has 3 atom stereocenters. The fourth-order valence-electron chi connectivity index (χ4n) is 4.12. The van der Waals surface area contributed by atoms with Crippen molar-refractivity contribution in [2.75, 3.05) is 19.6 Å². The van der Waals surface area contributed by atoms with Crippen molar-refractivity contribution in [1.82, 2.24) is 9.80 Å². The number of nitrogens with zero attached hydrogens (tertiary/aromatic N) is 2. The van der Waals surface area contributed by atoms with E-state index in [1.54, 1.807) is 11.8 Å². The Hall–Kier alpha value is -1.26. The number of carbonyl (C=O) groups is 2. The normalized spacial score (nSPS) is 37.0. The van der Waals surface area contributed by atoms with Crippen LogP contribution in [0.2, 0.25) is 0 Å². The van der Waals surface area contributed by atoms with Crippen molar-refractivity contribution in [3.05, 3.63) is 0 Å². The summed E-state index contributed by atoms with van der Waals surface area (Å²) in [7, 11) is 0. The van der Waals surface area contributed by atoms with E-state index in [4.69, 9.17) is 0 Å². The number of carboxylic acids is 1. The summed E-state index contributed by atoms with van der Waals surface area (Å²) < 4.78 is 0. The fourth-order valence-corrected chi connectivity index (χ4v) is 4.12. The Balaban J connectivity index is 1.67. The van der Waals surface area contributed by atoms with Gasteiger partial charge in [0.2, 0.25) is 0 Å². The van der Waals surface area contributed by atoms with Gasteiger partial charge in [0.25, 0.3) is 0 Å². The highest BCUT2D eigenvalue weighted by Gasteiger charge is 2.46. The van der Waals surface area contributed by atoms with Gasteiger partial charge in [0.1, 0.15) is 0 Å². The van der Waals surface area contributed by atoms with Crippen LogP contribution in [-0.2, 0) is 4.79 Å². The molecule has 1 aliphatic carbocycles. The second kappa shape index (κ2) is 4.93. The molecule has 0 aromatic carbocycles. The first-order valence-electron chi connectivity index (χ1n) is 7.80. The molecule has 2 amide bonds. The molecule has 112 valence electrons. The summed E-state index contributed by atoms with van der Waals surface area (Å²) >= 11 is 0. The van der Waals surface area contributed by atoms with Crippen LogP contribution in [0.15, 0.2) is 0 Å². The number of aliphatic carboxylic acids is 1. The zero-order valence-electron chi connectivity index (χ0n) is 12.2. The summed E-state index contributed by atoms with van der Waals surface area (Å²) in [6, 6.07) is 0.484. The molecule has 2 saturated heterocycles. The number of carbonyl (C=O) groups excluding carboxylic acids is 1. The van der Waals surface area contributed by atoms with Crippen molar-refractivity contribution in [3.63, 3.8) is 0 Å². The summed E-state index contributed by atoms with van der Waals surface area (Å²) in [6.45, 7) is 3.54. The number of rotatable bonds is 1. The minimum atomic E-state index is -0.787. The number of likely N-dealkylation sites (tertiary alicyclic amines) is 2. The zero-order chi connectivity index (χ0) is 14.3. The molecule has 0 bridgehead atoms. The molecule has 5 nitrogen and oxygen atoms in total. The molecule has 20 heavy (non-hydrogen) atoms. The van der Waals surface area contributed by atoms with Gasteiger partial charge in [-0.05, 0) is 38.5 Å². The average molecular weight is 280 g/mol. The van der Waals surface area contributed by atoms with E-state index in [-0.39, 0.29) is 6.03 Å². The zero-order valence-corrected chi connectivity index (χ0v) is 12.2. The molecule has 2 aliphatic heterocycles. The molecular weight excluding hydrogens is 256 g/mol. The van der Waals surface area contributed by atoms with Gasteiger partial charge < -0.3 is 14.9 Å². The predicted octanol–water partition coefficient (Wildman–Crippen LogP) is 2.17. The molecule has 5 heteroatoms. The van der Waals surface area contributed by atoms with E-state index >= 15 is 0 Å². The van der Waals surface area contributed by atoms with E-state index in [1.807, 2.05) is 4.90 Å². The Morgan fingerprint density at radius 2 is 1.90 bits per heavy atom. The van der Waals surface area contributed by atoms with Crippen LogP contribution in [0.4, 0.5) is 4.79 Å². The lowest BCUT2D eigenvalue weighted by Gasteiger charge is -2.34. The highest BCUT2D eigenvalue weighted by molar-refractivity contribution is 5.80. The van der Waals surface area contributed by atoms with Crippen LogP contribution in [0.3, 0.4) is 0 Å². The van der Waals surface area contributed by atoms with Gasteiger partial charge in [0.15, 0.2) is 0 Å². The Labute approximate surface area is 119 Å². The van der Waals surface area contributed by atoms with Crippen molar-refractivity contribution < 1.29 is 14.7 Å². The van der Waals surface area contributed by atoms with Gasteiger partial charge in [-0.25, -0.2) is 4.79 Å². The van der Waals surface area contributed by atoms with Crippen LogP contribution in [0.5, 0.6) is 0 Å². The van der Waals surface area contributed by atoms with Gasteiger partial charge in [-0.3, -0.25) is 4.79 Å². The third kappa shape index (κ3) is 2.17. The molecule has 0 radical (unpaired) electrons. The van der Waals surface area contributed by atoms with Crippen LogP contribution >= 0.6 is 0 Å². The quantitative estimate of drug-likeness (QED) is 0.800. The molecule has 0 aromatic rings. The molecule has 3 aliphatic rings. The smallest absolute Gasteiger partial charge is 0.320 e. The second-order valence-electron chi connectivity index (χ2n) is 6.91. The third-order valence-corrected chi connectivity index (χ3v) is 5.52. The molecule has 0 aromatic heterocycles. The van der Waals surface area contributed by atoms with Crippen LogP contribution in [0.1, 0.15) is 45.4 Å². The van der Waals surface area contributed by atoms with Gasteiger partial charge in [-0.15, -0.1) is 0 Å². The second-order valence-corrected chi connectivity index (χ2v) is 6.91. The molecule has 0 spiro atoms. The van der Waals surface area contributed by atoms with Crippen molar-refractivity contribution in [3.8, 4) is 0 Å². The minimum absolute atomic E-state index is 0.0735. The largest absolute Gasteiger partial charge is 0.481 e. The van der Waals surface area contributed by atoms with E-state index in [1.165, 1.54) is 19.3 Å². The van der Waals surface area contributed by atoms with Gasteiger partial charge in [0.05, 0.1) is 5.41 Å². The van der Waals surface area contributed by atoms with Gasteiger partial charge in [-0.1, -0.05) is 12.8 Å². The topological polar surface area (TPSA) is 60.9 Å². The summed E-state index contributed by atoms with van der Waals surface area (Å²) in [5, 5.41) is 9.27. The number of fused-ring (bicyclic) bond motifs is 1. The van der Waals surface area contributed by atoms with E-state index in [0.717, 1.165) is 19.4 Å². The third-order valence-electron chi connectivity index (χ3n) is 5.52. The highest BCUT2D eigenvalue weighted by atomic mass is 16.4. The van der Waals surface area contributed by atoms with E-state index in [9.17, 15) is 14.7 Å². The standard InChI is InChI=1S/C15H24N2O3/c1-15(13(18)19)7-9-16(10-15)14(20)17-8-6-11-4-2-3-5-12(11)17/h11-12H,2-10H2,1H3,(H,18,19). The monoisotopic (exact) mass is 280 g/mol. The maximum absolute atomic E-state index is 12.7. The lowest BCUT2D eigenvalue weighted by atomic mass is 9.85. The van der Waals surface area contributed by atoms with Crippen molar-refractivity contribution in [2.24, 2.45) is 11.3 Å². The Morgan fingerprint density at radius 1 is 1.15 bits per heavy atom. The SMILES string of the molecule is CC1(C(=O)O)CCN(C(=O)N2CCC3CCCCC32)C1. The Kier molecular flexibility index (Phi) is 3.38. The van der Waals surface area contributed by atoms with E-state index in [2.05, 4.69) is 0 Å². The summed E-state index contributed by atoms with van der Waals surface area (Å²) in [5.41, 5.74) is -0.763. The fraction of sp³-hybridized carbons (Fsp3) is 0.867. The lowest BCUT2D eigenvalue weighted by molar-refractivity contribution is -0.147. The van der Waals surface area contributed by atoms with E-state index in [0.29, 0.717) is 31.5 Å². The summed E-state index contributed by atoms with van der Waals surface area (Å²) in [5.74, 6) is -0.106. The molecule has 2 heterocycles. The number of urea groups is 1. The number of hydrogen-bond donors (Lipinski definition) is 1. The first-order chi connectivity index (χ1) is 9.51. The molecule has 3 fully saturated rings. The highest BCUT2D eigenvalue weighted by Crippen LogP contribution is 2.38. The molecule has 1 N–H and O–H groups in total. The van der Waals surface area contributed by atoms with Crippen molar-refractivity contribution >= 4 is 12.0 Å². The first-order valence-corrected chi connectivity index (χ1v) is 7.80. The maximum atomic E-state index is 12.7. The Morgan fingerprint density at radius 3 is 2.60 bits per heavy atom. The molecule has 3 rings (SSSR count). The summed E-state index contributed by atoms with van der Waals surface area (Å²) in [4.78, 5) is 27.7. The Bertz CT molecular complexity index is 425. The van der Waals surface area contributed by atoms with Crippen LogP contribution in [0, 0.1) is 11.3 Å². The number of hydrogen-bond acceptors (Lipinski definition) is 2. The van der Waals surface area contributed by atoms with Crippen LogP contribution < -0.4 is 0 Å². The van der Waals surface area contributed by atoms with E-state index < -0.39 is 11.4 Å². The molecule has 1 saturated carbocycles. The maximum Gasteiger partial charge on any atom is 0.320 e. The first kappa shape index (κ1) is 13.7. The predicted molar refractivity (Wildman–Crippen MR) is 74.4 cm³/mol. The molecular formula is C15H24N2O3.